The summed E-state index contributed by atoms with van der Waals surface area (Å²) in [5.41, 5.74) is 0.410. The zero-order valence-corrected chi connectivity index (χ0v) is 15.2. The maximum absolute atomic E-state index is 12.2. The Morgan fingerprint density at radius 1 is 0.900 bits per heavy atom. The lowest BCUT2D eigenvalue weighted by atomic mass is 10.3. The Kier molecular flexibility index (Phi) is 5.02. The van der Waals surface area contributed by atoms with Crippen molar-refractivity contribution in [3.8, 4) is 0 Å². The van der Waals surface area contributed by atoms with Crippen molar-refractivity contribution >= 4 is 70.8 Å². The molecule has 0 radical (unpaired) electrons. The van der Waals surface area contributed by atoms with E-state index in [1.165, 1.54) is 18.2 Å². The molecule has 2 rings (SSSR count). The molecule has 0 atom stereocenters. The van der Waals surface area contributed by atoms with Gasteiger partial charge in [0.2, 0.25) is 0 Å². The fourth-order valence-electron chi connectivity index (χ4n) is 1.42. The molecule has 2 aromatic carbocycles. The summed E-state index contributed by atoms with van der Waals surface area (Å²) in [6.07, 6.45) is 0. The summed E-state index contributed by atoms with van der Waals surface area (Å²) in [5, 5.41) is 0.945. The second-order valence-corrected chi connectivity index (χ2v) is 8.02. The van der Waals surface area contributed by atoms with Gasteiger partial charge < -0.3 is 0 Å². The molecule has 0 fully saturated rings. The van der Waals surface area contributed by atoms with Gasteiger partial charge >= 0.3 is 0 Å². The van der Waals surface area contributed by atoms with Crippen LogP contribution in [0.1, 0.15) is 0 Å². The maximum atomic E-state index is 12.2. The molecule has 1 N–H and O–H groups in total. The molecule has 0 bridgehead atoms. The number of sulfonamides is 1. The first-order valence-corrected chi connectivity index (χ1v) is 9.05. The maximum Gasteiger partial charge on any atom is 0.261 e. The summed E-state index contributed by atoms with van der Waals surface area (Å²) >= 11 is 18.1. The molecule has 8 heteroatoms. The van der Waals surface area contributed by atoms with Gasteiger partial charge in [0.05, 0.1) is 20.6 Å². The molecule has 0 aliphatic rings. The lowest BCUT2D eigenvalue weighted by Crippen LogP contribution is -2.12. The number of benzene rings is 2. The van der Waals surface area contributed by atoms with Crippen molar-refractivity contribution in [1.82, 2.24) is 0 Å². The number of rotatable bonds is 3. The highest BCUT2D eigenvalue weighted by atomic mass is 79.9. The molecule has 106 valence electrons. The highest BCUT2D eigenvalue weighted by Crippen LogP contribution is 2.29. The number of halogens is 4. The van der Waals surface area contributed by atoms with Gasteiger partial charge in [0.1, 0.15) is 0 Å². The molecule has 0 aromatic heterocycles. The minimum absolute atomic E-state index is 0.111. The normalized spacial score (nSPS) is 11.4. The van der Waals surface area contributed by atoms with E-state index >= 15 is 0 Å². The average molecular weight is 460 g/mol. The van der Waals surface area contributed by atoms with Crippen molar-refractivity contribution in [1.29, 1.82) is 0 Å². The van der Waals surface area contributed by atoms with E-state index in [2.05, 4.69) is 36.6 Å². The van der Waals surface area contributed by atoms with Crippen molar-refractivity contribution in [2.45, 2.75) is 4.90 Å². The van der Waals surface area contributed by atoms with E-state index in [1.54, 1.807) is 18.2 Å². The van der Waals surface area contributed by atoms with Gasteiger partial charge in [-0.2, -0.15) is 0 Å². The van der Waals surface area contributed by atoms with Gasteiger partial charge in [0.25, 0.3) is 10.0 Å². The van der Waals surface area contributed by atoms with Gasteiger partial charge in [0.15, 0.2) is 0 Å². The van der Waals surface area contributed by atoms with Crippen molar-refractivity contribution in [2.24, 2.45) is 0 Å². The topological polar surface area (TPSA) is 46.2 Å². The Bertz CT molecular complexity index is 766. The fourth-order valence-corrected chi connectivity index (χ4v) is 3.64. The van der Waals surface area contributed by atoms with E-state index in [1.807, 2.05) is 0 Å². The van der Waals surface area contributed by atoms with Crippen LogP contribution in [0.25, 0.3) is 0 Å². The Morgan fingerprint density at radius 2 is 1.45 bits per heavy atom. The molecule has 3 nitrogen and oxygen atoms in total. The van der Waals surface area contributed by atoms with E-state index < -0.39 is 10.0 Å². The molecule has 0 saturated carbocycles. The first-order chi connectivity index (χ1) is 9.29. The van der Waals surface area contributed by atoms with Crippen LogP contribution in [0.5, 0.6) is 0 Å². The Balaban J connectivity index is 2.35. The highest BCUT2D eigenvalue weighted by Gasteiger charge is 2.16. The van der Waals surface area contributed by atoms with Crippen molar-refractivity contribution < 1.29 is 8.42 Å². The molecule has 0 saturated heterocycles. The number of anilines is 1. The van der Waals surface area contributed by atoms with Gasteiger partial charge in [-0.25, -0.2) is 8.42 Å². The Morgan fingerprint density at radius 3 is 2.00 bits per heavy atom. The minimum atomic E-state index is -3.68. The second kappa shape index (κ2) is 6.23. The third-order valence-corrected chi connectivity index (χ3v) is 6.18. The molecular weight excluding hydrogens is 453 g/mol. The molecule has 2 aromatic rings. The lowest BCUT2D eigenvalue weighted by Gasteiger charge is -2.09. The summed E-state index contributed by atoms with van der Waals surface area (Å²) in [7, 11) is -3.68. The Labute approximate surface area is 143 Å². The van der Waals surface area contributed by atoms with Crippen molar-refractivity contribution in [2.75, 3.05) is 4.72 Å². The quantitative estimate of drug-likeness (QED) is 0.675. The largest absolute Gasteiger partial charge is 0.280 e. The summed E-state index contributed by atoms with van der Waals surface area (Å²) in [5.74, 6) is 0. The van der Waals surface area contributed by atoms with Crippen LogP contribution < -0.4 is 4.72 Å². The third kappa shape index (κ3) is 3.68. The summed E-state index contributed by atoms with van der Waals surface area (Å²) < 4.78 is 28.1. The molecule has 0 amide bonds. The van der Waals surface area contributed by atoms with Crippen LogP contribution in [-0.4, -0.2) is 8.42 Å². The van der Waals surface area contributed by atoms with Crippen molar-refractivity contribution in [3.05, 3.63) is 55.4 Å². The molecule has 0 aliphatic carbocycles. The molecule has 0 heterocycles. The molecule has 0 unspecified atom stereocenters. The minimum Gasteiger partial charge on any atom is -0.280 e. The smallest absolute Gasteiger partial charge is 0.261 e. The molecule has 0 aliphatic heterocycles. The van der Waals surface area contributed by atoms with E-state index in [0.29, 0.717) is 24.7 Å². The molecular formula is C12H7Br2Cl2NO2S. The van der Waals surface area contributed by atoms with Crippen LogP contribution in [0.3, 0.4) is 0 Å². The van der Waals surface area contributed by atoms with E-state index in [0.717, 1.165) is 0 Å². The van der Waals surface area contributed by atoms with Crippen LogP contribution in [0, 0.1) is 0 Å². The zero-order chi connectivity index (χ0) is 14.9. The second-order valence-electron chi connectivity index (χ2n) is 3.81. The van der Waals surface area contributed by atoms with Crippen molar-refractivity contribution in [3.63, 3.8) is 0 Å². The zero-order valence-electron chi connectivity index (χ0n) is 9.70. The predicted molar refractivity (Wildman–Crippen MR) is 89.1 cm³/mol. The number of hydrogen-bond acceptors (Lipinski definition) is 2. The van der Waals surface area contributed by atoms with Crippen LogP contribution in [-0.2, 0) is 10.0 Å². The molecule has 0 spiro atoms. The average Bonchev–Trinajstić information content (AvgIpc) is 2.37. The van der Waals surface area contributed by atoms with E-state index in [-0.39, 0.29) is 4.90 Å². The summed E-state index contributed by atoms with van der Waals surface area (Å²) in [6, 6.07) is 9.15. The van der Waals surface area contributed by atoms with Gasteiger partial charge in [-0.1, -0.05) is 23.2 Å². The van der Waals surface area contributed by atoms with Gasteiger partial charge in [-0.15, -0.1) is 0 Å². The van der Waals surface area contributed by atoms with Gasteiger partial charge in [-0.05, 0) is 68.3 Å². The van der Waals surface area contributed by atoms with Crippen LogP contribution in [0.2, 0.25) is 10.0 Å². The number of nitrogens with one attached hydrogen (secondary N) is 1. The molecule has 20 heavy (non-hydrogen) atoms. The van der Waals surface area contributed by atoms with Gasteiger partial charge in [0, 0.05) is 8.95 Å². The predicted octanol–water partition coefficient (Wildman–Crippen LogP) is 5.32. The third-order valence-electron chi connectivity index (χ3n) is 2.37. The van der Waals surface area contributed by atoms with Crippen LogP contribution >= 0.6 is 55.1 Å². The van der Waals surface area contributed by atoms with Gasteiger partial charge in [-0.3, -0.25) is 4.72 Å². The standard InChI is InChI=1S/C12H7Br2Cl2NO2S/c13-9-5-7(1-3-11(9)15)17-20(18,19)8-2-4-12(16)10(14)6-8/h1-6,17H. The number of hydrogen-bond donors (Lipinski definition) is 1. The first kappa shape index (κ1) is 16.1. The monoisotopic (exact) mass is 457 g/mol. The first-order valence-electron chi connectivity index (χ1n) is 5.22. The van der Waals surface area contributed by atoms with E-state index in [4.69, 9.17) is 23.2 Å². The summed E-state index contributed by atoms with van der Waals surface area (Å²) in [6.45, 7) is 0. The summed E-state index contributed by atoms with van der Waals surface area (Å²) in [4.78, 5) is 0.111. The Hall–Kier alpha value is -0.270. The lowest BCUT2D eigenvalue weighted by molar-refractivity contribution is 0.601. The van der Waals surface area contributed by atoms with Crippen LogP contribution in [0.4, 0.5) is 5.69 Å². The van der Waals surface area contributed by atoms with E-state index in [9.17, 15) is 8.42 Å². The van der Waals surface area contributed by atoms with Crippen LogP contribution in [0.15, 0.2) is 50.2 Å². The highest BCUT2D eigenvalue weighted by molar-refractivity contribution is 9.10. The fraction of sp³-hybridized carbons (Fsp3) is 0. The SMILES string of the molecule is O=S(=O)(Nc1ccc(Cl)c(Br)c1)c1ccc(Cl)c(Br)c1.